The molecule has 2 rings (SSSR count). The fourth-order valence-electron chi connectivity index (χ4n) is 2.97. The number of aliphatic hydroxyl groups excluding tert-OH is 1. The summed E-state index contributed by atoms with van der Waals surface area (Å²) in [5.74, 6) is 0.161. The highest BCUT2D eigenvalue weighted by molar-refractivity contribution is 5.78. The van der Waals surface area contributed by atoms with Gasteiger partial charge in [-0.15, -0.1) is 0 Å². The van der Waals surface area contributed by atoms with Crippen molar-refractivity contribution < 1.29 is 9.90 Å². The minimum atomic E-state index is -0.234. The molecule has 1 saturated heterocycles. The van der Waals surface area contributed by atoms with Crippen LogP contribution in [0.5, 0.6) is 0 Å². The molecule has 1 aromatic rings. The molecule has 4 heteroatoms. The molecule has 4 nitrogen and oxygen atoms in total. The average molecular weight is 290 g/mol. The fourth-order valence-corrected chi connectivity index (χ4v) is 2.97. The topological polar surface area (TPSA) is 43.8 Å². The summed E-state index contributed by atoms with van der Waals surface area (Å²) in [5.41, 5.74) is 3.77. The highest BCUT2D eigenvalue weighted by Gasteiger charge is 2.21. The molecular formula is C17H26N2O2. The Morgan fingerprint density at radius 2 is 1.81 bits per heavy atom. The minimum absolute atomic E-state index is 0.161. The zero-order valence-electron chi connectivity index (χ0n) is 13.3. The van der Waals surface area contributed by atoms with Crippen molar-refractivity contribution in [2.24, 2.45) is 0 Å². The second kappa shape index (κ2) is 7.05. The molecule has 1 aliphatic rings. The Labute approximate surface area is 127 Å². The summed E-state index contributed by atoms with van der Waals surface area (Å²) in [4.78, 5) is 16.2. The quantitative estimate of drug-likeness (QED) is 0.918. The highest BCUT2D eigenvalue weighted by atomic mass is 16.3. The van der Waals surface area contributed by atoms with Gasteiger partial charge in [0.15, 0.2) is 0 Å². The summed E-state index contributed by atoms with van der Waals surface area (Å²) in [6.07, 6.45) is 1.17. The molecule has 0 aromatic heterocycles. The van der Waals surface area contributed by atoms with Crippen LogP contribution >= 0.6 is 0 Å². The third kappa shape index (κ3) is 4.83. The Balaban J connectivity index is 1.86. The number of hydrogen-bond donors (Lipinski definition) is 1. The van der Waals surface area contributed by atoms with Crippen LogP contribution < -0.4 is 0 Å². The largest absolute Gasteiger partial charge is 0.393 e. The van der Waals surface area contributed by atoms with Gasteiger partial charge in [0.2, 0.25) is 5.91 Å². The van der Waals surface area contributed by atoms with Crippen molar-refractivity contribution in [3.05, 3.63) is 34.9 Å². The second-order valence-electron chi connectivity index (χ2n) is 6.28. The molecule has 1 N–H and O–H groups in total. The Morgan fingerprint density at radius 3 is 2.38 bits per heavy atom. The van der Waals surface area contributed by atoms with Gasteiger partial charge < -0.3 is 10.0 Å². The highest BCUT2D eigenvalue weighted by Crippen LogP contribution is 2.12. The number of rotatable bonds is 4. The Hall–Kier alpha value is -1.39. The van der Waals surface area contributed by atoms with E-state index < -0.39 is 0 Å². The maximum atomic E-state index is 12.2. The lowest BCUT2D eigenvalue weighted by atomic mass is 10.1. The van der Waals surface area contributed by atoms with Gasteiger partial charge in [-0.2, -0.15) is 0 Å². The number of benzene rings is 1. The number of hydrogen-bond acceptors (Lipinski definition) is 3. The van der Waals surface area contributed by atoms with Gasteiger partial charge in [-0.05, 0) is 39.3 Å². The van der Waals surface area contributed by atoms with E-state index in [1.165, 1.54) is 16.7 Å². The summed E-state index contributed by atoms with van der Waals surface area (Å²) in [6.45, 7) is 6.77. The Morgan fingerprint density at radius 1 is 1.24 bits per heavy atom. The summed E-state index contributed by atoms with van der Waals surface area (Å²) in [5, 5.41) is 9.49. The van der Waals surface area contributed by atoms with E-state index in [1.807, 2.05) is 11.9 Å². The number of nitrogens with zero attached hydrogens (tertiary/aromatic N) is 2. The van der Waals surface area contributed by atoms with E-state index in [4.69, 9.17) is 0 Å². The molecule has 0 spiro atoms. The van der Waals surface area contributed by atoms with Crippen LogP contribution in [0, 0.1) is 13.8 Å². The van der Waals surface area contributed by atoms with Crippen LogP contribution in [0.15, 0.2) is 18.2 Å². The summed E-state index contributed by atoms with van der Waals surface area (Å²) < 4.78 is 0. The molecule has 0 aliphatic carbocycles. The first-order valence-electron chi connectivity index (χ1n) is 7.65. The molecule has 116 valence electrons. The van der Waals surface area contributed by atoms with Gasteiger partial charge in [0.05, 0.1) is 12.6 Å². The lowest BCUT2D eigenvalue weighted by Gasteiger charge is -2.31. The molecule has 1 aliphatic heterocycles. The van der Waals surface area contributed by atoms with Crippen molar-refractivity contribution in [3.63, 3.8) is 0 Å². The van der Waals surface area contributed by atoms with E-state index in [1.54, 1.807) is 0 Å². The van der Waals surface area contributed by atoms with E-state index in [2.05, 4.69) is 36.9 Å². The zero-order valence-corrected chi connectivity index (χ0v) is 13.3. The van der Waals surface area contributed by atoms with Crippen LogP contribution in [0.4, 0.5) is 0 Å². The van der Waals surface area contributed by atoms with Crippen molar-refractivity contribution in [2.45, 2.75) is 39.3 Å². The van der Waals surface area contributed by atoms with E-state index in [0.717, 1.165) is 6.54 Å². The standard InChI is InChI=1S/C17H26N2O2/c1-13-8-14(2)10-15(9-13)11-18(3)12-17(21)19-6-4-16(20)5-7-19/h8-10,16,20H,4-7,11-12H2,1-3H3. The molecule has 1 fully saturated rings. The molecule has 1 aromatic carbocycles. The van der Waals surface area contributed by atoms with Crippen molar-refractivity contribution in [2.75, 3.05) is 26.7 Å². The monoisotopic (exact) mass is 290 g/mol. The maximum Gasteiger partial charge on any atom is 0.236 e. The number of carbonyl (C=O) groups excluding carboxylic acids is 1. The van der Waals surface area contributed by atoms with E-state index in [-0.39, 0.29) is 12.0 Å². The minimum Gasteiger partial charge on any atom is -0.393 e. The van der Waals surface area contributed by atoms with Crippen molar-refractivity contribution in [1.29, 1.82) is 0 Å². The Bertz CT molecular complexity index is 473. The molecule has 0 radical (unpaired) electrons. The number of aryl methyl sites for hydroxylation is 2. The maximum absolute atomic E-state index is 12.2. The van der Waals surface area contributed by atoms with E-state index in [0.29, 0.717) is 32.5 Å². The second-order valence-corrected chi connectivity index (χ2v) is 6.28. The first-order chi connectivity index (χ1) is 9.94. The summed E-state index contributed by atoms with van der Waals surface area (Å²) in [6, 6.07) is 6.50. The predicted molar refractivity (Wildman–Crippen MR) is 84.1 cm³/mol. The SMILES string of the molecule is Cc1cc(C)cc(CN(C)CC(=O)N2CCC(O)CC2)c1. The summed E-state index contributed by atoms with van der Waals surface area (Å²) in [7, 11) is 1.98. The smallest absolute Gasteiger partial charge is 0.236 e. The first-order valence-corrected chi connectivity index (χ1v) is 7.65. The lowest BCUT2D eigenvalue weighted by Crippen LogP contribution is -2.44. The molecular weight excluding hydrogens is 264 g/mol. The number of likely N-dealkylation sites (tertiary alicyclic amines) is 1. The average Bonchev–Trinajstić information content (AvgIpc) is 2.37. The normalized spacial score (nSPS) is 16.5. The van der Waals surface area contributed by atoms with Crippen molar-refractivity contribution in [3.8, 4) is 0 Å². The van der Waals surface area contributed by atoms with Crippen LogP contribution in [-0.2, 0) is 11.3 Å². The number of amides is 1. The van der Waals surface area contributed by atoms with Gasteiger partial charge in [0.25, 0.3) is 0 Å². The first kappa shape index (κ1) is 16.0. The van der Waals surface area contributed by atoms with Gasteiger partial charge in [-0.3, -0.25) is 9.69 Å². The lowest BCUT2D eigenvalue weighted by molar-refractivity contribution is -0.134. The van der Waals surface area contributed by atoms with Gasteiger partial charge in [0.1, 0.15) is 0 Å². The van der Waals surface area contributed by atoms with Crippen LogP contribution in [0.3, 0.4) is 0 Å². The van der Waals surface area contributed by atoms with Crippen LogP contribution in [0.25, 0.3) is 0 Å². The van der Waals surface area contributed by atoms with Crippen molar-refractivity contribution in [1.82, 2.24) is 9.80 Å². The van der Waals surface area contributed by atoms with Gasteiger partial charge >= 0.3 is 0 Å². The van der Waals surface area contributed by atoms with Crippen molar-refractivity contribution >= 4 is 5.91 Å². The van der Waals surface area contributed by atoms with E-state index >= 15 is 0 Å². The molecule has 1 heterocycles. The molecule has 0 saturated carbocycles. The van der Waals surface area contributed by atoms with Crippen LogP contribution in [0.1, 0.15) is 29.5 Å². The molecule has 0 bridgehead atoms. The number of likely N-dealkylation sites (N-methyl/N-ethyl adjacent to an activating group) is 1. The van der Waals surface area contributed by atoms with Gasteiger partial charge in [-0.25, -0.2) is 0 Å². The molecule has 0 unspecified atom stereocenters. The fraction of sp³-hybridized carbons (Fsp3) is 0.588. The van der Waals surface area contributed by atoms with Gasteiger partial charge in [-0.1, -0.05) is 29.3 Å². The molecule has 0 atom stereocenters. The van der Waals surface area contributed by atoms with Crippen LogP contribution in [-0.4, -0.2) is 53.6 Å². The summed E-state index contributed by atoms with van der Waals surface area (Å²) >= 11 is 0. The third-order valence-electron chi connectivity index (χ3n) is 3.96. The Kier molecular flexibility index (Phi) is 5.37. The third-order valence-corrected chi connectivity index (χ3v) is 3.96. The molecule has 1 amide bonds. The molecule has 21 heavy (non-hydrogen) atoms. The predicted octanol–water partition coefficient (Wildman–Crippen LogP) is 1.72. The zero-order chi connectivity index (χ0) is 15.4. The van der Waals surface area contributed by atoms with Gasteiger partial charge in [0, 0.05) is 19.6 Å². The number of piperidine rings is 1. The number of aliphatic hydroxyl groups is 1. The van der Waals surface area contributed by atoms with Crippen LogP contribution in [0.2, 0.25) is 0 Å². The van der Waals surface area contributed by atoms with E-state index in [9.17, 15) is 9.90 Å². The number of carbonyl (C=O) groups is 1.